The van der Waals surface area contributed by atoms with E-state index in [-0.39, 0.29) is 0 Å². The highest BCUT2D eigenvalue weighted by Crippen LogP contribution is 2.29. The second kappa shape index (κ2) is 8.05. The number of benzene rings is 2. The molecule has 0 saturated heterocycles. The van der Waals surface area contributed by atoms with Crippen molar-refractivity contribution in [2.24, 2.45) is 0 Å². The van der Waals surface area contributed by atoms with Gasteiger partial charge < -0.3 is 19.6 Å². The Balaban J connectivity index is 2.22. The molecule has 0 spiro atoms. The molecule has 0 unspecified atom stereocenters. The predicted molar refractivity (Wildman–Crippen MR) is 87.8 cm³/mol. The molecule has 2 aromatic carbocycles. The lowest BCUT2D eigenvalue weighted by Crippen LogP contribution is -2.23. The van der Waals surface area contributed by atoms with Gasteiger partial charge in [-0.1, -0.05) is 18.2 Å². The van der Waals surface area contributed by atoms with Gasteiger partial charge in [0.25, 0.3) is 0 Å². The summed E-state index contributed by atoms with van der Waals surface area (Å²) in [6, 6.07) is 13.0. The van der Waals surface area contributed by atoms with Gasteiger partial charge in [-0.25, -0.2) is 10.2 Å². The molecule has 122 valence electrons. The molecule has 23 heavy (non-hydrogen) atoms. The van der Waals surface area contributed by atoms with Crippen molar-refractivity contribution in [3.8, 4) is 11.5 Å². The normalized spacial score (nSPS) is 10.0. The molecule has 0 saturated carbocycles. The Hall–Kier alpha value is -2.73. The Kier molecular flexibility index (Phi) is 5.82. The van der Waals surface area contributed by atoms with E-state index in [1.165, 1.54) is 14.2 Å². The predicted octanol–water partition coefficient (Wildman–Crippen LogP) is 2.61. The van der Waals surface area contributed by atoms with E-state index in [2.05, 4.69) is 10.9 Å². The third kappa shape index (κ3) is 4.14. The summed E-state index contributed by atoms with van der Waals surface area (Å²) in [7, 11) is 4.42. The number of hydrogen-bond acceptors (Lipinski definition) is 6. The first-order valence-electron chi connectivity index (χ1n) is 7.06. The molecule has 0 aromatic heterocycles. The van der Waals surface area contributed by atoms with Crippen LogP contribution in [0.3, 0.4) is 0 Å². The van der Waals surface area contributed by atoms with Crippen LogP contribution in [0, 0.1) is 0 Å². The highest BCUT2D eigenvalue weighted by atomic mass is 16.5. The molecule has 0 aliphatic heterocycles. The lowest BCUT2D eigenvalue weighted by molar-refractivity contribution is 0.0598. The Morgan fingerprint density at radius 3 is 2.39 bits per heavy atom. The Labute approximate surface area is 135 Å². The summed E-state index contributed by atoms with van der Waals surface area (Å²) in [5.74, 6) is 0.632. The zero-order valence-electron chi connectivity index (χ0n) is 13.4. The van der Waals surface area contributed by atoms with Crippen LogP contribution in [0.15, 0.2) is 42.5 Å². The third-order valence-electron chi connectivity index (χ3n) is 3.32. The van der Waals surface area contributed by atoms with Gasteiger partial charge in [0.05, 0.1) is 26.9 Å². The van der Waals surface area contributed by atoms with Gasteiger partial charge in [-0.2, -0.15) is 0 Å². The summed E-state index contributed by atoms with van der Waals surface area (Å²) < 4.78 is 15.4. The van der Waals surface area contributed by atoms with E-state index in [9.17, 15) is 4.79 Å². The first-order chi connectivity index (χ1) is 11.2. The molecule has 0 fully saturated rings. The average Bonchev–Trinajstić information content (AvgIpc) is 2.61. The molecule has 6 heteroatoms. The van der Waals surface area contributed by atoms with Crippen LogP contribution in [0.1, 0.15) is 15.9 Å². The minimum atomic E-state index is -0.446. The van der Waals surface area contributed by atoms with E-state index in [1.807, 2.05) is 30.3 Å². The maximum absolute atomic E-state index is 12.0. The number of anilines is 1. The second-order valence-corrected chi connectivity index (χ2v) is 4.69. The number of esters is 1. The molecule has 0 aliphatic carbocycles. The van der Waals surface area contributed by atoms with E-state index in [0.717, 1.165) is 5.69 Å². The second-order valence-electron chi connectivity index (χ2n) is 4.69. The van der Waals surface area contributed by atoms with E-state index in [1.54, 1.807) is 19.2 Å². The summed E-state index contributed by atoms with van der Waals surface area (Å²) in [6.45, 7) is 0.368. The fourth-order valence-corrected chi connectivity index (χ4v) is 2.15. The van der Waals surface area contributed by atoms with E-state index < -0.39 is 5.97 Å². The molecule has 6 nitrogen and oxygen atoms in total. The van der Waals surface area contributed by atoms with E-state index in [4.69, 9.17) is 14.2 Å². The Morgan fingerprint density at radius 2 is 1.78 bits per heavy atom. The van der Waals surface area contributed by atoms with Gasteiger partial charge in [0.1, 0.15) is 11.5 Å². The Bertz CT molecular complexity index is 659. The number of carbonyl (C=O) groups excluding carboxylic acids is 1. The van der Waals surface area contributed by atoms with Gasteiger partial charge in [0, 0.05) is 23.9 Å². The molecule has 0 heterocycles. The van der Waals surface area contributed by atoms with Crippen LogP contribution < -0.4 is 20.3 Å². The third-order valence-corrected chi connectivity index (χ3v) is 3.32. The molecule has 0 radical (unpaired) electrons. The van der Waals surface area contributed by atoms with Crippen LogP contribution in [-0.2, 0) is 11.3 Å². The SMILES string of the molecule is COC(=O)c1cc(OC)cc(OC)c1CNNc1ccccc1. The maximum atomic E-state index is 12.0. The Morgan fingerprint density at radius 1 is 1.04 bits per heavy atom. The summed E-state index contributed by atoms with van der Waals surface area (Å²) >= 11 is 0. The number of hydrogen-bond donors (Lipinski definition) is 2. The minimum Gasteiger partial charge on any atom is -0.497 e. The van der Waals surface area contributed by atoms with Gasteiger partial charge in [-0.15, -0.1) is 0 Å². The molecule has 2 N–H and O–H groups in total. The van der Waals surface area contributed by atoms with Crippen molar-refractivity contribution < 1.29 is 19.0 Å². The zero-order chi connectivity index (χ0) is 16.7. The van der Waals surface area contributed by atoms with Crippen molar-refractivity contribution in [3.63, 3.8) is 0 Å². The topological polar surface area (TPSA) is 68.8 Å². The van der Waals surface area contributed by atoms with Crippen LogP contribution >= 0.6 is 0 Å². The van der Waals surface area contributed by atoms with Crippen LogP contribution in [0.5, 0.6) is 11.5 Å². The molecule has 0 amide bonds. The fourth-order valence-electron chi connectivity index (χ4n) is 2.15. The van der Waals surface area contributed by atoms with Crippen molar-refractivity contribution in [2.45, 2.75) is 6.54 Å². The highest BCUT2D eigenvalue weighted by molar-refractivity contribution is 5.92. The fraction of sp³-hybridized carbons (Fsp3) is 0.235. The molecule has 0 aliphatic rings. The molecule has 2 rings (SSSR count). The molecule has 0 bridgehead atoms. The smallest absolute Gasteiger partial charge is 0.338 e. The standard InChI is InChI=1S/C17H20N2O4/c1-21-13-9-14(17(20)23-3)15(16(10-13)22-2)11-18-19-12-7-5-4-6-8-12/h4-10,18-19H,11H2,1-3H3. The van der Waals surface area contributed by atoms with Crippen LogP contribution in [0.2, 0.25) is 0 Å². The van der Waals surface area contributed by atoms with Crippen molar-refractivity contribution in [3.05, 3.63) is 53.6 Å². The zero-order valence-corrected chi connectivity index (χ0v) is 13.4. The number of hydrazine groups is 1. The van der Waals surface area contributed by atoms with Gasteiger partial charge in [-0.3, -0.25) is 0 Å². The van der Waals surface area contributed by atoms with Crippen molar-refractivity contribution in [2.75, 3.05) is 26.8 Å². The quantitative estimate of drug-likeness (QED) is 0.604. The molecular formula is C17H20N2O4. The number of methoxy groups -OCH3 is 3. The number of rotatable bonds is 7. The average molecular weight is 316 g/mol. The largest absolute Gasteiger partial charge is 0.497 e. The van der Waals surface area contributed by atoms with Crippen LogP contribution in [0.25, 0.3) is 0 Å². The lowest BCUT2D eigenvalue weighted by atomic mass is 10.1. The highest BCUT2D eigenvalue weighted by Gasteiger charge is 2.18. The summed E-state index contributed by atoms with van der Waals surface area (Å²) in [5, 5.41) is 0. The number of ether oxygens (including phenoxy) is 3. The van der Waals surface area contributed by atoms with Gasteiger partial charge in [0.2, 0.25) is 0 Å². The minimum absolute atomic E-state index is 0.368. The molecular weight excluding hydrogens is 296 g/mol. The number of nitrogens with one attached hydrogen (secondary N) is 2. The van der Waals surface area contributed by atoms with Crippen LogP contribution in [0.4, 0.5) is 5.69 Å². The van der Waals surface area contributed by atoms with Gasteiger partial charge >= 0.3 is 5.97 Å². The number of carbonyl (C=O) groups is 1. The van der Waals surface area contributed by atoms with Crippen LogP contribution in [-0.4, -0.2) is 27.3 Å². The summed E-state index contributed by atoms with van der Waals surface area (Å²) in [4.78, 5) is 12.0. The van der Waals surface area contributed by atoms with Crippen molar-refractivity contribution >= 4 is 11.7 Å². The first kappa shape index (κ1) is 16.6. The van der Waals surface area contributed by atoms with Crippen molar-refractivity contribution in [1.29, 1.82) is 0 Å². The van der Waals surface area contributed by atoms with Crippen molar-refractivity contribution in [1.82, 2.24) is 5.43 Å². The first-order valence-corrected chi connectivity index (χ1v) is 7.06. The monoisotopic (exact) mass is 316 g/mol. The van der Waals surface area contributed by atoms with Gasteiger partial charge in [0.15, 0.2) is 0 Å². The number of para-hydroxylation sites is 1. The molecule has 2 aromatic rings. The summed E-state index contributed by atoms with van der Waals surface area (Å²) in [5.41, 5.74) is 8.13. The van der Waals surface area contributed by atoms with E-state index in [0.29, 0.717) is 29.2 Å². The maximum Gasteiger partial charge on any atom is 0.338 e. The summed E-state index contributed by atoms with van der Waals surface area (Å²) in [6.07, 6.45) is 0. The lowest BCUT2D eigenvalue weighted by Gasteiger charge is -2.16. The van der Waals surface area contributed by atoms with Gasteiger partial charge in [-0.05, 0) is 18.2 Å². The molecule has 0 atom stereocenters. The van der Waals surface area contributed by atoms with E-state index >= 15 is 0 Å².